The lowest BCUT2D eigenvalue weighted by Crippen LogP contribution is -2.08. The fourth-order valence-electron chi connectivity index (χ4n) is 2.98. The first kappa shape index (κ1) is 14.5. The third-order valence-corrected chi connectivity index (χ3v) is 4.34. The largest absolute Gasteiger partial charge is 0.370 e. The van der Waals surface area contributed by atoms with Crippen LogP contribution in [-0.4, -0.2) is 16.3 Å². The molecule has 3 rings (SSSR count). The topological polar surface area (TPSA) is 29.9 Å². The number of hydrogen-bond acceptors (Lipinski definition) is 2. The van der Waals surface area contributed by atoms with Gasteiger partial charge >= 0.3 is 0 Å². The molecular weight excluding hydrogens is 282 g/mol. The van der Waals surface area contributed by atoms with Crippen LogP contribution in [0.1, 0.15) is 49.4 Å². The van der Waals surface area contributed by atoms with Crippen molar-refractivity contribution in [1.29, 1.82) is 0 Å². The average Bonchev–Trinajstić information content (AvgIpc) is 2.64. The van der Waals surface area contributed by atoms with Gasteiger partial charge in [0, 0.05) is 17.1 Å². The number of fused-ring (bicyclic) bond motifs is 1. The SMILES string of the molecule is Cc1ccc(Cl)cc1-n1nc(C(C)C)c2c1NCCCC2. The van der Waals surface area contributed by atoms with Gasteiger partial charge in [0.25, 0.3) is 0 Å². The van der Waals surface area contributed by atoms with Crippen molar-refractivity contribution in [2.45, 2.75) is 46.0 Å². The van der Waals surface area contributed by atoms with E-state index >= 15 is 0 Å². The van der Waals surface area contributed by atoms with Crippen LogP contribution in [0.5, 0.6) is 0 Å². The number of nitrogens with zero attached hydrogens (tertiary/aromatic N) is 2. The van der Waals surface area contributed by atoms with Crippen LogP contribution in [0.15, 0.2) is 18.2 Å². The van der Waals surface area contributed by atoms with Gasteiger partial charge in [-0.15, -0.1) is 0 Å². The van der Waals surface area contributed by atoms with Crippen molar-refractivity contribution >= 4 is 17.4 Å². The first-order valence-electron chi connectivity index (χ1n) is 7.70. The Labute approximate surface area is 131 Å². The van der Waals surface area contributed by atoms with Crippen molar-refractivity contribution in [1.82, 2.24) is 9.78 Å². The summed E-state index contributed by atoms with van der Waals surface area (Å²) >= 11 is 6.19. The first-order chi connectivity index (χ1) is 10.1. The standard InChI is InChI=1S/C17H22ClN3/c1-11(2)16-14-6-4-5-9-19-17(14)21(20-16)15-10-13(18)8-7-12(15)3/h7-8,10-11,19H,4-6,9H2,1-3H3. The van der Waals surface area contributed by atoms with E-state index < -0.39 is 0 Å². The van der Waals surface area contributed by atoms with E-state index in [-0.39, 0.29) is 0 Å². The average molecular weight is 304 g/mol. The molecule has 0 radical (unpaired) electrons. The fraction of sp³-hybridized carbons (Fsp3) is 0.471. The van der Waals surface area contributed by atoms with Crippen LogP contribution >= 0.6 is 11.6 Å². The number of hydrogen-bond donors (Lipinski definition) is 1. The predicted molar refractivity (Wildman–Crippen MR) is 88.8 cm³/mol. The van der Waals surface area contributed by atoms with Crippen LogP contribution in [-0.2, 0) is 6.42 Å². The number of nitrogens with one attached hydrogen (secondary N) is 1. The normalized spacial score (nSPS) is 14.7. The highest BCUT2D eigenvalue weighted by molar-refractivity contribution is 6.30. The zero-order valence-electron chi connectivity index (χ0n) is 12.9. The van der Waals surface area contributed by atoms with Crippen LogP contribution in [0.4, 0.5) is 5.82 Å². The van der Waals surface area contributed by atoms with Crippen molar-refractivity contribution in [2.24, 2.45) is 0 Å². The summed E-state index contributed by atoms with van der Waals surface area (Å²) in [7, 11) is 0. The van der Waals surface area contributed by atoms with E-state index in [9.17, 15) is 0 Å². The zero-order valence-corrected chi connectivity index (χ0v) is 13.7. The van der Waals surface area contributed by atoms with Gasteiger partial charge in [-0.3, -0.25) is 0 Å². The van der Waals surface area contributed by atoms with Gasteiger partial charge in [0.2, 0.25) is 0 Å². The fourth-order valence-corrected chi connectivity index (χ4v) is 3.14. The molecule has 0 fully saturated rings. The highest BCUT2D eigenvalue weighted by Crippen LogP contribution is 2.33. The van der Waals surface area contributed by atoms with Gasteiger partial charge in [0.05, 0.1) is 11.4 Å². The first-order valence-corrected chi connectivity index (χ1v) is 8.08. The van der Waals surface area contributed by atoms with E-state index in [0.29, 0.717) is 5.92 Å². The summed E-state index contributed by atoms with van der Waals surface area (Å²) in [6.45, 7) is 7.53. The summed E-state index contributed by atoms with van der Waals surface area (Å²) in [5, 5.41) is 9.22. The van der Waals surface area contributed by atoms with Crippen LogP contribution in [0, 0.1) is 6.92 Å². The number of halogens is 1. The molecule has 1 aliphatic rings. The van der Waals surface area contributed by atoms with E-state index in [2.05, 4.69) is 36.8 Å². The smallest absolute Gasteiger partial charge is 0.133 e. The quantitative estimate of drug-likeness (QED) is 0.871. The second kappa shape index (κ2) is 5.72. The molecule has 0 aliphatic carbocycles. The van der Waals surface area contributed by atoms with Crippen LogP contribution in [0.25, 0.3) is 5.69 Å². The summed E-state index contributed by atoms with van der Waals surface area (Å²) < 4.78 is 2.05. The summed E-state index contributed by atoms with van der Waals surface area (Å²) in [4.78, 5) is 0. The molecule has 3 nitrogen and oxygen atoms in total. The Kier molecular flexibility index (Phi) is 3.94. The maximum absolute atomic E-state index is 6.19. The Hall–Kier alpha value is -1.48. The molecule has 0 unspecified atom stereocenters. The lowest BCUT2D eigenvalue weighted by atomic mass is 10.0. The van der Waals surface area contributed by atoms with Gasteiger partial charge in [0.1, 0.15) is 5.82 Å². The van der Waals surface area contributed by atoms with Gasteiger partial charge in [-0.2, -0.15) is 5.10 Å². The Morgan fingerprint density at radius 1 is 1.29 bits per heavy atom. The van der Waals surface area contributed by atoms with Gasteiger partial charge in [-0.05, 0) is 49.8 Å². The van der Waals surface area contributed by atoms with Crippen molar-refractivity contribution in [3.8, 4) is 5.69 Å². The lowest BCUT2D eigenvalue weighted by molar-refractivity contribution is 0.730. The lowest BCUT2D eigenvalue weighted by Gasteiger charge is -2.12. The Morgan fingerprint density at radius 3 is 2.86 bits per heavy atom. The predicted octanol–water partition coefficient (Wildman–Crippen LogP) is 4.71. The molecule has 0 amide bonds. The van der Waals surface area contributed by atoms with Crippen molar-refractivity contribution < 1.29 is 0 Å². The molecule has 21 heavy (non-hydrogen) atoms. The summed E-state index contributed by atoms with van der Waals surface area (Å²) in [5.41, 5.74) is 4.84. The van der Waals surface area contributed by atoms with Crippen molar-refractivity contribution in [3.63, 3.8) is 0 Å². The minimum Gasteiger partial charge on any atom is -0.370 e. The molecule has 2 aromatic rings. The van der Waals surface area contributed by atoms with Gasteiger partial charge in [0.15, 0.2) is 0 Å². The zero-order chi connectivity index (χ0) is 15.0. The number of rotatable bonds is 2. The molecule has 0 atom stereocenters. The molecule has 1 N–H and O–H groups in total. The molecule has 0 saturated carbocycles. The monoisotopic (exact) mass is 303 g/mol. The summed E-state index contributed by atoms with van der Waals surface area (Å²) in [5.74, 6) is 1.58. The van der Waals surface area contributed by atoms with E-state index in [1.165, 1.54) is 29.7 Å². The molecule has 0 bridgehead atoms. The van der Waals surface area contributed by atoms with Gasteiger partial charge < -0.3 is 5.32 Å². The second-order valence-electron chi connectivity index (χ2n) is 6.09. The van der Waals surface area contributed by atoms with Gasteiger partial charge in [-0.1, -0.05) is 31.5 Å². The number of aromatic nitrogens is 2. The molecule has 1 aromatic carbocycles. The Morgan fingerprint density at radius 2 is 2.10 bits per heavy atom. The van der Waals surface area contributed by atoms with E-state index in [4.69, 9.17) is 16.7 Å². The van der Waals surface area contributed by atoms with E-state index in [0.717, 1.165) is 29.5 Å². The third kappa shape index (κ3) is 2.67. The van der Waals surface area contributed by atoms with E-state index in [1.807, 2.05) is 12.1 Å². The summed E-state index contributed by atoms with van der Waals surface area (Å²) in [6, 6.07) is 5.98. The number of aryl methyl sites for hydroxylation is 1. The summed E-state index contributed by atoms with van der Waals surface area (Å²) in [6.07, 6.45) is 3.54. The molecular formula is C17H22ClN3. The molecule has 112 valence electrons. The van der Waals surface area contributed by atoms with Crippen molar-refractivity contribution in [2.75, 3.05) is 11.9 Å². The molecule has 0 saturated heterocycles. The van der Waals surface area contributed by atoms with Gasteiger partial charge in [-0.25, -0.2) is 4.68 Å². The molecule has 1 aromatic heterocycles. The third-order valence-electron chi connectivity index (χ3n) is 4.11. The molecule has 1 aliphatic heterocycles. The Bertz CT molecular complexity index is 658. The van der Waals surface area contributed by atoms with Crippen LogP contribution in [0.2, 0.25) is 5.02 Å². The highest BCUT2D eigenvalue weighted by Gasteiger charge is 2.22. The number of anilines is 1. The maximum Gasteiger partial charge on any atom is 0.133 e. The van der Waals surface area contributed by atoms with E-state index in [1.54, 1.807) is 0 Å². The van der Waals surface area contributed by atoms with Crippen LogP contribution < -0.4 is 5.32 Å². The maximum atomic E-state index is 6.19. The highest BCUT2D eigenvalue weighted by atomic mass is 35.5. The Balaban J connectivity index is 2.20. The minimum atomic E-state index is 0.430. The molecule has 4 heteroatoms. The minimum absolute atomic E-state index is 0.430. The molecule has 0 spiro atoms. The van der Waals surface area contributed by atoms with Crippen LogP contribution in [0.3, 0.4) is 0 Å². The molecule has 2 heterocycles. The number of benzene rings is 1. The second-order valence-corrected chi connectivity index (χ2v) is 6.53. The van der Waals surface area contributed by atoms with Crippen molar-refractivity contribution in [3.05, 3.63) is 40.0 Å².